The van der Waals surface area contributed by atoms with E-state index < -0.39 is 59.9 Å². The van der Waals surface area contributed by atoms with Gasteiger partial charge in [-0.3, -0.25) is 9.59 Å². The van der Waals surface area contributed by atoms with Gasteiger partial charge in [0, 0.05) is 5.69 Å². The maximum absolute atomic E-state index is 14.0. The van der Waals surface area contributed by atoms with Gasteiger partial charge in [-0.25, -0.2) is 14.4 Å². The lowest BCUT2D eigenvalue weighted by molar-refractivity contribution is -0.164. The molecule has 2 aromatic rings. The fourth-order valence-electron chi connectivity index (χ4n) is 4.67. The molecule has 0 saturated carbocycles. The van der Waals surface area contributed by atoms with Gasteiger partial charge in [-0.2, -0.15) is 0 Å². The maximum atomic E-state index is 14.0. The second-order valence-corrected chi connectivity index (χ2v) is 9.87. The highest BCUT2D eigenvalue weighted by molar-refractivity contribution is 5.98. The zero-order valence-electron chi connectivity index (χ0n) is 21.6. The van der Waals surface area contributed by atoms with E-state index in [0.717, 1.165) is 0 Å². The average Bonchev–Trinajstić information content (AvgIpc) is 3.24. The molecule has 0 aromatic heterocycles. The third-order valence-corrected chi connectivity index (χ3v) is 6.10. The Labute approximate surface area is 219 Å². The van der Waals surface area contributed by atoms with Crippen LogP contribution in [-0.2, 0) is 30.3 Å². The molecule has 11 nitrogen and oxygen atoms in total. The van der Waals surface area contributed by atoms with Crippen LogP contribution in [0, 0.1) is 5.92 Å². The molecule has 1 heterocycles. The van der Waals surface area contributed by atoms with E-state index in [4.69, 9.17) is 15.2 Å². The summed E-state index contributed by atoms with van der Waals surface area (Å²) < 4.78 is 10.6. The zero-order valence-corrected chi connectivity index (χ0v) is 21.6. The summed E-state index contributed by atoms with van der Waals surface area (Å²) in [6.07, 6.45) is -0.561. The van der Waals surface area contributed by atoms with E-state index in [-0.39, 0.29) is 23.2 Å². The summed E-state index contributed by atoms with van der Waals surface area (Å²) in [5, 5.41) is 12.1. The lowest BCUT2D eigenvalue weighted by Crippen LogP contribution is -2.45. The predicted molar refractivity (Wildman–Crippen MR) is 136 cm³/mol. The van der Waals surface area contributed by atoms with Crippen molar-refractivity contribution in [2.75, 3.05) is 12.4 Å². The van der Waals surface area contributed by atoms with Gasteiger partial charge in [-0.05, 0) is 50.5 Å². The molecule has 1 aliphatic heterocycles. The quantitative estimate of drug-likeness (QED) is 0.464. The minimum Gasteiger partial charge on any atom is -0.478 e. The summed E-state index contributed by atoms with van der Waals surface area (Å²) in [6.45, 7) is 5.05. The van der Waals surface area contributed by atoms with E-state index in [1.165, 1.54) is 30.2 Å². The van der Waals surface area contributed by atoms with Crippen LogP contribution in [0.15, 0.2) is 48.5 Å². The monoisotopic (exact) mass is 525 g/mol. The summed E-state index contributed by atoms with van der Waals surface area (Å²) in [5.74, 6) is -4.17. The van der Waals surface area contributed by atoms with Gasteiger partial charge in [0.15, 0.2) is 0 Å². The molecule has 3 amide bonds. The predicted octanol–water partition coefficient (Wildman–Crippen LogP) is 2.89. The van der Waals surface area contributed by atoms with E-state index in [1.54, 1.807) is 51.1 Å². The molecule has 3 unspecified atom stereocenters. The Balaban J connectivity index is 2.14. The second-order valence-electron chi connectivity index (χ2n) is 9.87. The molecule has 3 atom stereocenters. The summed E-state index contributed by atoms with van der Waals surface area (Å²) in [5.41, 5.74) is 4.79. The van der Waals surface area contributed by atoms with Gasteiger partial charge in [-0.1, -0.05) is 36.4 Å². The van der Waals surface area contributed by atoms with Gasteiger partial charge in [-0.15, -0.1) is 0 Å². The van der Waals surface area contributed by atoms with E-state index in [0.29, 0.717) is 5.56 Å². The van der Waals surface area contributed by atoms with Gasteiger partial charge in [0.05, 0.1) is 31.1 Å². The molecule has 2 aromatic carbocycles. The highest BCUT2D eigenvalue weighted by Crippen LogP contribution is 2.43. The number of carboxylic acid groups (broad SMARTS) is 1. The number of nitrogens with two attached hydrogens (primary N) is 1. The molecule has 0 radical (unpaired) electrons. The lowest BCUT2D eigenvalue weighted by atomic mass is 9.93. The number of aromatic carboxylic acids is 1. The molecule has 1 saturated heterocycles. The minimum atomic E-state index is -1.32. The first-order valence-electron chi connectivity index (χ1n) is 11.9. The zero-order chi connectivity index (χ0) is 28.2. The number of urea groups is 1. The SMILES string of the molecule is COC(=O)C1CC(C(=O)OC(C)(C)C)N(C(=O)Cc2c(NC(N)=O)cccc2C(=O)O)C1c1ccccc1. The van der Waals surface area contributed by atoms with Crippen LogP contribution >= 0.6 is 0 Å². The van der Waals surface area contributed by atoms with Gasteiger partial charge in [0.1, 0.15) is 11.6 Å². The first-order valence-corrected chi connectivity index (χ1v) is 11.9. The second kappa shape index (κ2) is 11.3. The summed E-state index contributed by atoms with van der Waals surface area (Å²) in [4.78, 5) is 64.9. The number of primary amides is 1. The van der Waals surface area contributed by atoms with Gasteiger partial charge in [0.25, 0.3) is 0 Å². The van der Waals surface area contributed by atoms with Crippen molar-refractivity contribution in [1.82, 2.24) is 4.90 Å². The van der Waals surface area contributed by atoms with Crippen molar-refractivity contribution in [2.24, 2.45) is 11.7 Å². The fraction of sp³-hybridized carbons (Fsp3) is 0.370. The Morgan fingerprint density at radius 3 is 2.24 bits per heavy atom. The molecule has 1 fully saturated rings. The molecule has 0 bridgehead atoms. The van der Waals surface area contributed by atoms with Crippen molar-refractivity contribution >= 4 is 35.5 Å². The number of carbonyl (C=O) groups excluding carboxylic acids is 4. The van der Waals surface area contributed by atoms with Gasteiger partial charge >= 0.3 is 23.9 Å². The van der Waals surface area contributed by atoms with E-state index >= 15 is 0 Å². The molecule has 202 valence electrons. The smallest absolute Gasteiger partial charge is 0.336 e. The van der Waals surface area contributed by atoms with Crippen LogP contribution in [0.25, 0.3) is 0 Å². The molecule has 11 heteroatoms. The van der Waals surface area contributed by atoms with Gasteiger partial charge < -0.3 is 30.5 Å². The number of ether oxygens (including phenoxy) is 2. The number of carbonyl (C=O) groups is 5. The number of hydrogen-bond donors (Lipinski definition) is 3. The number of likely N-dealkylation sites (tertiary alicyclic amines) is 1. The third kappa shape index (κ3) is 6.28. The Bertz CT molecular complexity index is 1240. The molecule has 1 aliphatic rings. The number of rotatable bonds is 7. The Morgan fingerprint density at radius 1 is 1.03 bits per heavy atom. The normalized spacial score (nSPS) is 18.9. The number of nitrogens with zero attached hydrogens (tertiary/aromatic N) is 1. The standard InChI is InChI=1S/C27H31N3O8/c1-27(2,3)38-25(35)20-13-18(24(34)37-4)22(15-9-6-5-7-10-15)30(20)21(31)14-17-16(23(32)33)11-8-12-19(17)29-26(28)36/h5-12,18,20,22H,13-14H2,1-4H3,(H,32,33)(H3,28,29,36). The summed E-state index contributed by atoms with van der Waals surface area (Å²) in [7, 11) is 1.22. The van der Waals surface area contributed by atoms with Crippen molar-refractivity contribution in [3.63, 3.8) is 0 Å². The molecule has 38 heavy (non-hydrogen) atoms. The lowest BCUT2D eigenvalue weighted by Gasteiger charge is -2.32. The molecular formula is C27H31N3O8. The summed E-state index contributed by atoms with van der Waals surface area (Å²) in [6, 6.07) is 9.83. The van der Waals surface area contributed by atoms with Crippen LogP contribution in [0.4, 0.5) is 10.5 Å². The van der Waals surface area contributed by atoms with Crippen molar-refractivity contribution < 1.29 is 38.6 Å². The maximum Gasteiger partial charge on any atom is 0.336 e. The highest BCUT2D eigenvalue weighted by Gasteiger charge is 2.52. The first-order chi connectivity index (χ1) is 17.8. The third-order valence-electron chi connectivity index (χ3n) is 6.10. The number of esters is 2. The van der Waals surface area contributed by atoms with E-state index in [2.05, 4.69) is 5.32 Å². The molecule has 0 spiro atoms. The van der Waals surface area contributed by atoms with Crippen LogP contribution in [0.2, 0.25) is 0 Å². The number of amides is 3. The number of methoxy groups -OCH3 is 1. The number of hydrogen-bond acceptors (Lipinski definition) is 7. The van der Waals surface area contributed by atoms with Crippen LogP contribution in [0.5, 0.6) is 0 Å². The average molecular weight is 526 g/mol. The van der Waals surface area contributed by atoms with Crippen LogP contribution in [-0.4, -0.2) is 58.6 Å². The highest BCUT2D eigenvalue weighted by atomic mass is 16.6. The topological polar surface area (TPSA) is 165 Å². The van der Waals surface area contributed by atoms with Crippen LogP contribution in [0.1, 0.15) is 54.7 Å². The van der Waals surface area contributed by atoms with Crippen molar-refractivity contribution in [1.29, 1.82) is 0 Å². The first kappa shape index (κ1) is 28.2. The number of nitrogens with one attached hydrogen (secondary N) is 1. The van der Waals surface area contributed by atoms with E-state index in [9.17, 15) is 29.1 Å². The van der Waals surface area contributed by atoms with Crippen LogP contribution in [0.3, 0.4) is 0 Å². The number of carboxylic acids is 1. The Hall–Kier alpha value is -4.41. The molecule has 3 rings (SSSR count). The van der Waals surface area contributed by atoms with E-state index in [1.807, 2.05) is 0 Å². The minimum absolute atomic E-state index is 0.0000634. The Kier molecular flexibility index (Phi) is 8.39. The number of benzene rings is 2. The van der Waals surface area contributed by atoms with Crippen molar-refractivity contribution in [2.45, 2.75) is 51.3 Å². The fourth-order valence-corrected chi connectivity index (χ4v) is 4.67. The summed E-state index contributed by atoms with van der Waals surface area (Å²) >= 11 is 0. The molecular weight excluding hydrogens is 494 g/mol. The number of anilines is 1. The van der Waals surface area contributed by atoms with Crippen molar-refractivity contribution in [3.8, 4) is 0 Å². The molecule has 4 N–H and O–H groups in total. The van der Waals surface area contributed by atoms with Crippen LogP contribution < -0.4 is 11.1 Å². The molecule has 0 aliphatic carbocycles. The van der Waals surface area contributed by atoms with Gasteiger partial charge in [0.2, 0.25) is 5.91 Å². The Morgan fingerprint density at radius 2 is 1.68 bits per heavy atom. The largest absolute Gasteiger partial charge is 0.478 e. The van der Waals surface area contributed by atoms with Crippen molar-refractivity contribution in [3.05, 3.63) is 65.2 Å².